The molecule has 0 aliphatic rings. The zero-order valence-corrected chi connectivity index (χ0v) is 11.9. The summed E-state index contributed by atoms with van der Waals surface area (Å²) in [6.07, 6.45) is 3.50. The highest BCUT2D eigenvalue weighted by atomic mass is 16.6. The summed E-state index contributed by atoms with van der Waals surface area (Å²) in [7, 11) is 0. The molecule has 0 aliphatic heterocycles. The van der Waals surface area contributed by atoms with Crippen molar-refractivity contribution in [3.8, 4) is 0 Å². The second-order valence-corrected chi connectivity index (χ2v) is 3.76. The summed E-state index contributed by atoms with van der Waals surface area (Å²) >= 11 is 0. The zero-order chi connectivity index (χ0) is 15.2. The van der Waals surface area contributed by atoms with Gasteiger partial charge in [0.2, 0.25) is 0 Å². The number of hydrogen-bond donors (Lipinski definition) is 0. The van der Waals surface area contributed by atoms with Crippen LogP contribution in [-0.4, -0.2) is 16.9 Å². The molecule has 2 rings (SSSR count). The first-order valence-electron chi connectivity index (χ1n) is 6.08. The molecule has 106 valence electrons. The van der Waals surface area contributed by atoms with E-state index in [1.54, 1.807) is 12.4 Å². The van der Waals surface area contributed by atoms with Gasteiger partial charge in [-0.05, 0) is 19.1 Å². The van der Waals surface area contributed by atoms with Crippen LogP contribution in [-0.2, 0) is 14.3 Å². The Labute approximate surface area is 119 Å². The van der Waals surface area contributed by atoms with E-state index < -0.39 is 11.9 Å². The molecule has 0 radical (unpaired) electrons. The fraction of sp³-hybridized carbons (Fsp3) is 0.188. The molecule has 0 saturated heterocycles. The molecule has 4 nitrogen and oxygen atoms in total. The van der Waals surface area contributed by atoms with Crippen molar-refractivity contribution in [2.45, 2.75) is 20.8 Å². The molecule has 0 unspecified atom stereocenters. The van der Waals surface area contributed by atoms with Gasteiger partial charge in [-0.15, -0.1) is 0 Å². The summed E-state index contributed by atoms with van der Waals surface area (Å²) in [6.45, 7) is 4.45. The maximum atomic E-state index is 9.81. The monoisotopic (exact) mass is 273 g/mol. The molecule has 0 spiro atoms. The number of carbonyl (C=O) groups excluding carboxylic acids is 2. The van der Waals surface area contributed by atoms with Crippen LogP contribution in [0.25, 0.3) is 0 Å². The molecule has 0 saturated carbocycles. The van der Waals surface area contributed by atoms with E-state index in [0.29, 0.717) is 0 Å². The standard InChI is InChI=1S/C7H8.C5H5N.C4H6O3/c1-7-5-3-2-4-6-7;1-2-4-6-5-3-1;1-3(5)7-4(2)6/h2-6H,1H3;1-5H;1-2H3. The highest BCUT2D eigenvalue weighted by Crippen LogP contribution is 1.92. The van der Waals surface area contributed by atoms with Crippen molar-refractivity contribution in [1.82, 2.24) is 4.98 Å². The van der Waals surface area contributed by atoms with E-state index >= 15 is 0 Å². The van der Waals surface area contributed by atoms with Crippen LogP contribution >= 0.6 is 0 Å². The molecule has 20 heavy (non-hydrogen) atoms. The Bertz CT molecular complexity index is 445. The summed E-state index contributed by atoms with van der Waals surface area (Å²) in [6, 6.07) is 16.0. The predicted octanol–water partition coefficient (Wildman–Crippen LogP) is 3.17. The van der Waals surface area contributed by atoms with Crippen molar-refractivity contribution in [1.29, 1.82) is 0 Å². The first-order valence-corrected chi connectivity index (χ1v) is 6.08. The lowest BCUT2D eigenvalue weighted by Gasteiger charge is -1.87. The normalized spacial score (nSPS) is 8.15. The molecule has 0 bridgehead atoms. The molecule has 4 heteroatoms. The molecule has 2 aromatic rings. The van der Waals surface area contributed by atoms with Gasteiger partial charge in [-0.2, -0.15) is 0 Å². The quantitative estimate of drug-likeness (QED) is 0.546. The van der Waals surface area contributed by atoms with Crippen molar-refractivity contribution >= 4 is 11.9 Å². The SMILES string of the molecule is CC(=O)OC(C)=O.Cc1ccccc1.c1ccncc1. The first-order chi connectivity index (χ1) is 9.52. The van der Waals surface area contributed by atoms with Gasteiger partial charge >= 0.3 is 11.9 Å². The number of esters is 2. The van der Waals surface area contributed by atoms with Crippen LogP contribution in [0.3, 0.4) is 0 Å². The molecule has 1 aromatic heterocycles. The second-order valence-electron chi connectivity index (χ2n) is 3.76. The van der Waals surface area contributed by atoms with E-state index in [4.69, 9.17) is 0 Å². The Morgan fingerprint density at radius 2 is 1.30 bits per heavy atom. The van der Waals surface area contributed by atoms with Crippen LogP contribution in [0.2, 0.25) is 0 Å². The van der Waals surface area contributed by atoms with Gasteiger partial charge in [-0.1, -0.05) is 42.0 Å². The Morgan fingerprint density at radius 3 is 1.45 bits per heavy atom. The van der Waals surface area contributed by atoms with Gasteiger partial charge in [0.05, 0.1) is 0 Å². The van der Waals surface area contributed by atoms with E-state index in [-0.39, 0.29) is 0 Å². The second kappa shape index (κ2) is 11.6. The number of rotatable bonds is 0. The fourth-order valence-corrected chi connectivity index (χ4v) is 1.05. The number of aryl methyl sites for hydroxylation is 1. The van der Waals surface area contributed by atoms with Crippen molar-refractivity contribution in [2.24, 2.45) is 0 Å². The topological polar surface area (TPSA) is 56.3 Å². The average molecular weight is 273 g/mol. The van der Waals surface area contributed by atoms with E-state index in [9.17, 15) is 9.59 Å². The van der Waals surface area contributed by atoms with Gasteiger partial charge < -0.3 is 4.74 Å². The van der Waals surface area contributed by atoms with Crippen LogP contribution in [0.15, 0.2) is 60.9 Å². The summed E-state index contributed by atoms with van der Waals surface area (Å²) < 4.78 is 3.97. The molecular formula is C16H19NO3. The molecule has 1 heterocycles. The Balaban J connectivity index is 0.000000271. The first kappa shape index (κ1) is 17.5. The Hall–Kier alpha value is -2.49. The summed E-state index contributed by atoms with van der Waals surface area (Å²) in [4.78, 5) is 23.4. The average Bonchev–Trinajstić information content (AvgIpc) is 2.41. The summed E-state index contributed by atoms with van der Waals surface area (Å²) in [5.41, 5.74) is 1.32. The zero-order valence-electron chi connectivity index (χ0n) is 11.9. The molecule has 0 aliphatic carbocycles. The van der Waals surface area contributed by atoms with Crippen LogP contribution in [0.5, 0.6) is 0 Å². The number of ether oxygens (including phenoxy) is 1. The van der Waals surface area contributed by atoms with Crippen molar-refractivity contribution in [3.63, 3.8) is 0 Å². The number of hydrogen-bond acceptors (Lipinski definition) is 4. The summed E-state index contributed by atoms with van der Waals surface area (Å²) in [5, 5.41) is 0. The number of aromatic nitrogens is 1. The van der Waals surface area contributed by atoms with Crippen LogP contribution in [0, 0.1) is 6.92 Å². The van der Waals surface area contributed by atoms with Gasteiger partial charge in [-0.25, -0.2) is 0 Å². The molecular weight excluding hydrogens is 254 g/mol. The highest BCUT2D eigenvalue weighted by molar-refractivity contribution is 5.82. The number of carbonyl (C=O) groups is 2. The van der Waals surface area contributed by atoms with Gasteiger partial charge in [0.1, 0.15) is 0 Å². The minimum absolute atomic E-state index is 0.562. The number of pyridine rings is 1. The van der Waals surface area contributed by atoms with Gasteiger partial charge in [0.25, 0.3) is 0 Å². The maximum Gasteiger partial charge on any atom is 0.310 e. The smallest absolute Gasteiger partial charge is 0.310 e. The van der Waals surface area contributed by atoms with Gasteiger partial charge in [-0.3, -0.25) is 14.6 Å². The third kappa shape index (κ3) is 13.6. The minimum atomic E-state index is -0.562. The third-order valence-corrected chi connectivity index (χ3v) is 1.79. The molecule has 0 amide bonds. The molecule has 0 atom stereocenters. The highest BCUT2D eigenvalue weighted by Gasteiger charge is 1.93. The molecule has 0 fully saturated rings. The van der Waals surface area contributed by atoms with E-state index in [2.05, 4.69) is 28.8 Å². The minimum Gasteiger partial charge on any atom is -0.394 e. The summed E-state index contributed by atoms with van der Waals surface area (Å²) in [5.74, 6) is -1.12. The van der Waals surface area contributed by atoms with Crippen molar-refractivity contribution in [2.75, 3.05) is 0 Å². The molecule has 1 aromatic carbocycles. The van der Waals surface area contributed by atoms with E-state index in [1.807, 2.05) is 36.4 Å². The lowest BCUT2D eigenvalue weighted by atomic mass is 10.2. The van der Waals surface area contributed by atoms with E-state index in [1.165, 1.54) is 19.4 Å². The largest absolute Gasteiger partial charge is 0.394 e. The maximum absolute atomic E-state index is 9.81. The van der Waals surface area contributed by atoms with Crippen LogP contribution in [0.4, 0.5) is 0 Å². The predicted molar refractivity (Wildman–Crippen MR) is 77.9 cm³/mol. The van der Waals surface area contributed by atoms with Crippen molar-refractivity contribution in [3.05, 3.63) is 66.5 Å². The fourth-order valence-electron chi connectivity index (χ4n) is 1.05. The van der Waals surface area contributed by atoms with Gasteiger partial charge in [0, 0.05) is 26.2 Å². The van der Waals surface area contributed by atoms with Crippen LogP contribution in [0.1, 0.15) is 19.4 Å². The van der Waals surface area contributed by atoms with Gasteiger partial charge in [0.15, 0.2) is 0 Å². The third-order valence-electron chi connectivity index (χ3n) is 1.79. The van der Waals surface area contributed by atoms with Crippen LogP contribution < -0.4 is 0 Å². The number of nitrogens with zero attached hydrogens (tertiary/aromatic N) is 1. The molecule has 0 N–H and O–H groups in total. The lowest BCUT2D eigenvalue weighted by Crippen LogP contribution is -2.03. The number of benzene rings is 1. The lowest BCUT2D eigenvalue weighted by molar-refractivity contribution is -0.156. The Kier molecular flexibility index (Phi) is 10.1. The Morgan fingerprint density at radius 1 is 0.850 bits per heavy atom. The van der Waals surface area contributed by atoms with Crippen molar-refractivity contribution < 1.29 is 14.3 Å². The van der Waals surface area contributed by atoms with E-state index in [0.717, 1.165) is 0 Å².